The number of hydrogen-bond donors (Lipinski definition) is 2. The average molecular weight is 441 g/mol. The molecule has 0 aromatic carbocycles. The number of allylic oxidation sites excluding steroid dienone is 3. The first-order valence-corrected chi connectivity index (χ1v) is 12.9. The van der Waals surface area contributed by atoms with Gasteiger partial charge >= 0.3 is 0 Å². The molecule has 4 nitrogen and oxygen atoms in total. The summed E-state index contributed by atoms with van der Waals surface area (Å²) in [6.45, 7) is 5.29. The Bertz CT molecular complexity index is 1040. The standard InChI is InChI=1S/C24H28N4S2.2H2/c1-15-11-20-23(28-9-8-25-18(13-28)6-5-16-7-10-29-14-16)27-22-19-12-17(19)3-2-4-21(22)26-24(20)30-15;;/h2-3,7,10-11,14,17-19,25-26H,4-6,8-9,12-13H2,1H3;2*1H/t17?,18-,19?;;/m0../s1. The molecule has 30 heavy (non-hydrogen) atoms. The van der Waals surface area contributed by atoms with Crippen LogP contribution in [0, 0.1) is 18.8 Å². The zero-order valence-corrected chi connectivity index (χ0v) is 19.0. The van der Waals surface area contributed by atoms with Crippen molar-refractivity contribution in [2.45, 2.75) is 38.6 Å². The number of aliphatic imine (C=N–C) groups is 1. The first-order valence-electron chi connectivity index (χ1n) is 11.1. The topological polar surface area (TPSA) is 39.7 Å². The van der Waals surface area contributed by atoms with Crippen molar-refractivity contribution in [2.24, 2.45) is 16.8 Å². The van der Waals surface area contributed by atoms with Crippen molar-refractivity contribution < 1.29 is 2.85 Å². The van der Waals surface area contributed by atoms with Gasteiger partial charge in [0.1, 0.15) is 10.8 Å². The summed E-state index contributed by atoms with van der Waals surface area (Å²) >= 11 is 3.66. The van der Waals surface area contributed by atoms with Crippen LogP contribution < -0.4 is 10.6 Å². The molecule has 0 spiro atoms. The molecule has 2 unspecified atom stereocenters. The Kier molecular flexibility index (Phi) is 4.81. The zero-order chi connectivity index (χ0) is 20.1. The van der Waals surface area contributed by atoms with Crippen LogP contribution >= 0.6 is 22.7 Å². The maximum absolute atomic E-state index is 5.40. The van der Waals surface area contributed by atoms with Gasteiger partial charge in [0.05, 0.1) is 11.3 Å². The summed E-state index contributed by atoms with van der Waals surface area (Å²) in [6, 6.07) is 5.10. The minimum atomic E-state index is 0. The number of piperazine rings is 1. The van der Waals surface area contributed by atoms with E-state index >= 15 is 0 Å². The molecule has 0 bridgehead atoms. The van der Waals surface area contributed by atoms with Crippen LogP contribution in [0.5, 0.6) is 0 Å². The van der Waals surface area contributed by atoms with E-state index in [1.54, 1.807) is 11.3 Å². The molecule has 2 aliphatic heterocycles. The fourth-order valence-corrected chi connectivity index (χ4v) is 6.65. The minimum absolute atomic E-state index is 0. The summed E-state index contributed by atoms with van der Waals surface area (Å²) in [7, 11) is 0. The van der Waals surface area contributed by atoms with Crippen LogP contribution in [-0.4, -0.2) is 36.4 Å². The van der Waals surface area contributed by atoms with Gasteiger partial charge in [0.25, 0.3) is 0 Å². The molecular weight excluding hydrogens is 408 g/mol. The second-order valence-electron chi connectivity index (χ2n) is 8.93. The predicted octanol–water partition coefficient (Wildman–Crippen LogP) is 5.50. The van der Waals surface area contributed by atoms with E-state index in [1.165, 1.54) is 51.1 Å². The minimum Gasteiger partial charge on any atom is -0.353 e. The molecule has 3 atom stereocenters. The molecule has 0 radical (unpaired) electrons. The summed E-state index contributed by atoms with van der Waals surface area (Å²) < 4.78 is 0. The molecule has 2 aromatic rings. The van der Waals surface area contributed by atoms with Crippen molar-refractivity contribution in [1.82, 2.24) is 10.2 Å². The molecule has 0 amide bonds. The van der Waals surface area contributed by atoms with Crippen molar-refractivity contribution in [2.75, 3.05) is 25.0 Å². The maximum Gasteiger partial charge on any atom is 0.139 e. The van der Waals surface area contributed by atoms with Gasteiger partial charge in [-0.3, -0.25) is 0 Å². The van der Waals surface area contributed by atoms with Crippen molar-refractivity contribution in [1.29, 1.82) is 0 Å². The highest BCUT2D eigenvalue weighted by molar-refractivity contribution is 7.16. The Hall–Kier alpha value is -1.89. The molecule has 2 aromatic heterocycles. The first kappa shape index (κ1) is 18.8. The van der Waals surface area contributed by atoms with Crippen molar-refractivity contribution in [3.63, 3.8) is 0 Å². The highest BCUT2D eigenvalue weighted by Gasteiger charge is 2.42. The van der Waals surface area contributed by atoms with Crippen LogP contribution in [0.2, 0.25) is 0 Å². The van der Waals surface area contributed by atoms with Gasteiger partial charge in [0.2, 0.25) is 0 Å². The number of amidine groups is 1. The third kappa shape index (κ3) is 3.55. The van der Waals surface area contributed by atoms with Gasteiger partial charge in [-0.1, -0.05) is 12.2 Å². The molecular formula is C24H32N4S2. The second-order valence-corrected chi connectivity index (χ2v) is 11.0. The molecule has 6 heteroatoms. The number of fused-ring (bicyclic) bond motifs is 3. The van der Waals surface area contributed by atoms with Crippen molar-refractivity contribution >= 4 is 33.5 Å². The fourth-order valence-electron chi connectivity index (χ4n) is 5.01. The van der Waals surface area contributed by atoms with Gasteiger partial charge in [0, 0.05) is 51.4 Å². The number of nitrogens with one attached hydrogen (secondary N) is 2. The number of hydrogen-bond acceptors (Lipinski definition) is 6. The quantitative estimate of drug-likeness (QED) is 0.620. The van der Waals surface area contributed by atoms with E-state index in [-0.39, 0.29) is 2.85 Å². The maximum atomic E-state index is 5.40. The summed E-state index contributed by atoms with van der Waals surface area (Å²) in [6.07, 6.45) is 9.30. The Morgan fingerprint density at radius 2 is 2.33 bits per heavy atom. The molecule has 4 heterocycles. The molecule has 2 aliphatic carbocycles. The summed E-state index contributed by atoms with van der Waals surface area (Å²) in [5.74, 6) is 2.50. The monoisotopic (exact) mass is 440 g/mol. The third-order valence-electron chi connectivity index (χ3n) is 6.71. The van der Waals surface area contributed by atoms with Crippen LogP contribution in [0.3, 0.4) is 0 Å². The molecule has 2 N–H and O–H groups in total. The van der Waals surface area contributed by atoms with E-state index < -0.39 is 0 Å². The van der Waals surface area contributed by atoms with Gasteiger partial charge in [-0.25, -0.2) is 4.99 Å². The highest BCUT2D eigenvalue weighted by atomic mass is 32.1. The molecule has 1 saturated heterocycles. The van der Waals surface area contributed by atoms with E-state index in [0.29, 0.717) is 17.9 Å². The normalized spacial score (nSPS) is 27.4. The van der Waals surface area contributed by atoms with Crippen molar-refractivity contribution in [3.05, 3.63) is 62.4 Å². The fraction of sp³-hybridized carbons (Fsp3) is 0.458. The number of nitrogens with zero attached hydrogens (tertiary/aromatic N) is 2. The molecule has 160 valence electrons. The lowest BCUT2D eigenvalue weighted by molar-refractivity contribution is 0.282. The largest absolute Gasteiger partial charge is 0.353 e. The van der Waals surface area contributed by atoms with Gasteiger partial charge in [-0.2, -0.15) is 11.3 Å². The van der Waals surface area contributed by atoms with E-state index in [1.807, 2.05) is 11.3 Å². The number of thiophene rings is 2. The summed E-state index contributed by atoms with van der Waals surface area (Å²) in [4.78, 5) is 9.30. The Labute approximate surface area is 189 Å². The SMILES string of the molecule is Cc1cc2c(s1)NC1=C(N=C2N2CCN[C@@H](CCc3ccsc3)C2)C2CC2C=CC1.[HH].[HH]. The van der Waals surface area contributed by atoms with Crippen LogP contribution in [0.25, 0.3) is 0 Å². The lowest BCUT2D eigenvalue weighted by Crippen LogP contribution is -2.53. The number of anilines is 1. The zero-order valence-electron chi connectivity index (χ0n) is 17.4. The second kappa shape index (κ2) is 7.66. The van der Waals surface area contributed by atoms with E-state index in [9.17, 15) is 0 Å². The van der Waals surface area contributed by atoms with Crippen molar-refractivity contribution in [3.8, 4) is 0 Å². The summed E-state index contributed by atoms with van der Waals surface area (Å²) in [5, 5.41) is 13.3. The van der Waals surface area contributed by atoms with E-state index in [0.717, 1.165) is 32.5 Å². The van der Waals surface area contributed by atoms with Crippen LogP contribution in [-0.2, 0) is 6.42 Å². The van der Waals surface area contributed by atoms with Gasteiger partial charge < -0.3 is 15.5 Å². The van der Waals surface area contributed by atoms with E-state index in [4.69, 9.17) is 4.99 Å². The average Bonchev–Trinajstić information content (AvgIpc) is 3.22. The van der Waals surface area contributed by atoms with E-state index in [2.05, 4.69) is 57.5 Å². The molecule has 6 rings (SSSR count). The molecule has 1 saturated carbocycles. The van der Waals surface area contributed by atoms with Gasteiger partial charge in [-0.05, 0) is 60.6 Å². The molecule has 4 aliphatic rings. The third-order valence-corrected chi connectivity index (χ3v) is 8.41. The Balaban J connectivity index is 0.00000122. The highest BCUT2D eigenvalue weighted by Crippen LogP contribution is 2.50. The summed E-state index contributed by atoms with van der Waals surface area (Å²) in [5.41, 5.74) is 5.39. The Morgan fingerprint density at radius 1 is 1.37 bits per heavy atom. The van der Waals surface area contributed by atoms with Gasteiger partial charge in [0.15, 0.2) is 0 Å². The van der Waals surface area contributed by atoms with Crippen LogP contribution in [0.1, 0.15) is 38.1 Å². The van der Waals surface area contributed by atoms with Crippen LogP contribution in [0.15, 0.2) is 51.4 Å². The number of aryl methyl sites for hydroxylation is 2. The first-order chi connectivity index (χ1) is 14.7. The Morgan fingerprint density at radius 3 is 3.23 bits per heavy atom. The lowest BCUT2D eigenvalue weighted by atomic mass is 10.0. The smallest absolute Gasteiger partial charge is 0.139 e. The predicted molar refractivity (Wildman–Crippen MR) is 132 cm³/mol. The molecule has 2 fully saturated rings. The lowest BCUT2D eigenvalue weighted by Gasteiger charge is -2.36. The van der Waals surface area contributed by atoms with Gasteiger partial charge in [-0.15, -0.1) is 11.3 Å². The number of rotatable bonds is 3. The van der Waals surface area contributed by atoms with Crippen LogP contribution in [0.4, 0.5) is 5.00 Å².